The molecule has 1 rings (SSSR count). The quantitative estimate of drug-likeness (QED) is 0.633. The molecule has 0 unspecified atom stereocenters. The predicted molar refractivity (Wildman–Crippen MR) is 56.5 cm³/mol. The van der Waals surface area contributed by atoms with Crippen LogP contribution < -0.4 is 5.32 Å². The van der Waals surface area contributed by atoms with Gasteiger partial charge in [0.05, 0.1) is 6.54 Å². The second-order valence-corrected chi connectivity index (χ2v) is 3.20. The molecule has 0 radical (unpaired) electrons. The highest BCUT2D eigenvalue weighted by molar-refractivity contribution is 14.1. The Morgan fingerprint density at radius 2 is 2.18 bits per heavy atom. The molecule has 0 atom stereocenters. The lowest BCUT2D eigenvalue weighted by molar-refractivity contribution is 1.37. The van der Waals surface area contributed by atoms with E-state index >= 15 is 0 Å². The maximum atomic E-state index is 5.11. The first-order valence-corrected chi connectivity index (χ1v) is 4.34. The van der Waals surface area contributed by atoms with E-state index in [2.05, 4.69) is 33.8 Å². The Morgan fingerprint density at radius 3 is 2.82 bits per heavy atom. The van der Waals surface area contributed by atoms with Gasteiger partial charge in [0.2, 0.25) is 0 Å². The zero-order valence-electron chi connectivity index (χ0n) is 5.97. The van der Waals surface area contributed by atoms with E-state index in [4.69, 9.17) is 6.42 Å². The summed E-state index contributed by atoms with van der Waals surface area (Å²) in [5.74, 6) is 2.53. The van der Waals surface area contributed by atoms with E-state index in [9.17, 15) is 0 Å². The fourth-order valence-electron chi connectivity index (χ4n) is 0.751. The highest BCUT2D eigenvalue weighted by atomic mass is 127. The second-order valence-electron chi connectivity index (χ2n) is 2.04. The average molecular weight is 257 g/mol. The molecule has 0 aliphatic rings. The standard InChI is InChI=1S/C9H8IN/c1-2-7-11-9-6-4-3-5-8(9)10/h1,3-6,11H,7H2. The van der Waals surface area contributed by atoms with E-state index in [1.165, 1.54) is 3.57 Å². The number of para-hydroxylation sites is 1. The van der Waals surface area contributed by atoms with Crippen LogP contribution in [0.3, 0.4) is 0 Å². The van der Waals surface area contributed by atoms with Crippen molar-refractivity contribution in [2.75, 3.05) is 11.9 Å². The molecule has 0 aliphatic heterocycles. The van der Waals surface area contributed by atoms with Crippen LogP contribution >= 0.6 is 22.6 Å². The van der Waals surface area contributed by atoms with E-state index in [1.54, 1.807) is 0 Å². The van der Waals surface area contributed by atoms with Crippen molar-refractivity contribution in [3.8, 4) is 12.3 Å². The van der Waals surface area contributed by atoms with Crippen molar-refractivity contribution < 1.29 is 0 Å². The van der Waals surface area contributed by atoms with E-state index in [-0.39, 0.29) is 0 Å². The Hall–Kier alpha value is -0.690. The number of nitrogens with one attached hydrogen (secondary N) is 1. The van der Waals surface area contributed by atoms with Gasteiger partial charge in [-0.05, 0) is 34.7 Å². The first-order valence-electron chi connectivity index (χ1n) is 3.26. The molecule has 0 aliphatic carbocycles. The largest absolute Gasteiger partial charge is 0.373 e. The maximum Gasteiger partial charge on any atom is 0.0763 e. The van der Waals surface area contributed by atoms with Crippen LogP contribution in [-0.4, -0.2) is 6.54 Å². The summed E-state index contributed by atoms with van der Waals surface area (Å²) in [6.45, 7) is 0.583. The summed E-state index contributed by atoms with van der Waals surface area (Å²) in [6.07, 6.45) is 5.11. The number of benzene rings is 1. The van der Waals surface area contributed by atoms with Gasteiger partial charge in [-0.1, -0.05) is 18.1 Å². The van der Waals surface area contributed by atoms with Crippen LogP contribution in [0.1, 0.15) is 0 Å². The lowest BCUT2D eigenvalue weighted by atomic mass is 10.3. The molecule has 0 aromatic heterocycles. The van der Waals surface area contributed by atoms with Gasteiger partial charge < -0.3 is 5.32 Å². The van der Waals surface area contributed by atoms with Crippen molar-refractivity contribution in [3.63, 3.8) is 0 Å². The molecule has 0 fully saturated rings. The van der Waals surface area contributed by atoms with Gasteiger partial charge >= 0.3 is 0 Å². The summed E-state index contributed by atoms with van der Waals surface area (Å²) in [7, 11) is 0. The zero-order valence-corrected chi connectivity index (χ0v) is 8.13. The summed E-state index contributed by atoms with van der Waals surface area (Å²) in [5.41, 5.74) is 1.10. The van der Waals surface area contributed by atoms with Crippen LogP contribution in [0.5, 0.6) is 0 Å². The van der Waals surface area contributed by atoms with Crippen LogP contribution in [0.25, 0.3) is 0 Å². The molecule has 1 aromatic rings. The molecule has 11 heavy (non-hydrogen) atoms. The lowest BCUT2D eigenvalue weighted by Gasteiger charge is -2.03. The maximum absolute atomic E-state index is 5.11. The third-order valence-electron chi connectivity index (χ3n) is 1.25. The van der Waals surface area contributed by atoms with Crippen LogP contribution in [0, 0.1) is 15.9 Å². The van der Waals surface area contributed by atoms with Gasteiger partial charge in [-0.3, -0.25) is 0 Å². The van der Waals surface area contributed by atoms with Crippen molar-refractivity contribution in [1.29, 1.82) is 0 Å². The minimum atomic E-state index is 0.583. The molecular formula is C9H8IN. The van der Waals surface area contributed by atoms with Gasteiger partial charge in [-0.25, -0.2) is 0 Å². The average Bonchev–Trinajstić information content (AvgIpc) is 2.03. The van der Waals surface area contributed by atoms with Gasteiger partial charge in [0, 0.05) is 9.26 Å². The molecule has 0 saturated heterocycles. The third-order valence-corrected chi connectivity index (χ3v) is 2.20. The minimum Gasteiger partial charge on any atom is -0.373 e. The normalized spacial score (nSPS) is 8.73. The molecule has 0 spiro atoms. The summed E-state index contributed by atoms with van der Waals surface area (Å²) in [5, 5.41) is 3.12. The van der Waals surface area contributed by atoms with Crippen molar-refractivity contribution in [2.24, 2.45) is 0 Å². The number of halogens is 1. The topological polar surface area (TPSA) is 12.0 Å². The number of hydrogen-bond donors (Lipinski definition) is 1. The first-order chi connectivity index (χ1) is 5.34. The van der Waals surface area contributed by atoms with E-state index in [1.807, 2.05) is 24.3 Å². The smallest absolute Gasteiger partial charge is 0.0763 e. The molecule has 2 heteroatoms. The second kappa shape index (κ2) is 4.24. The van der Waals surface area contributed by atoms with Crippen molar-refractivity contribution >= 4 is 28.3 Å². The molecule has 1 nitrogen and oxygen atoms in total. The Bertz CT molecular complexity index is 275. The zero-order chi connectivity index (χ0) is 8.10. The number of rotatable bonds is 2. The Morgan fingerprint density at radius 1 is 1.45 bits per heavy atom. The van der Waals surface area contributed by atoms with Crippen LogP contribution in [0.4, 0.5) is 5.69 Å². The molecule has 0 bridgehead atoms. The van der Waals surface area contributed by atoms with E-state index in [0.717, 1.165) is 5.69 Å². The molecule has 0 saturated carbocycles. The Labute approximate surface area is 80.3 Å². The van der Waals surface area contributed by atoms with Crippen molar-refractivity contribution in [2.45, 2.75) is 0 Å². The lowest BCUT2D eigenvalue weighted by Crippen LogP contribution is -1.99. The fraction of sp³-hybridized carbons (Fsp3) is 0.111. The number of anilines is 1. The van der Waals surface area contributed by atoms with Crippen molar-refractivity contribution in [1.82, 2.24) is 0 Å². The molecule has 1 aromatic carbocycles. The fourth-order valence-corrected chi connectivity index (χ4v) is 1.33. The van der Waals surface area contributed by atoms with E-state index in [0.29, 0.717) is 6.54 Å². The van der Waals surface area contributed by atoms with Crippen LogP contribution in [0.2, 0.25) is 0 Å². The third kappa shape index (κ3) is 2.43. The summed E-state index contributed by atoms with van der Waals surface area (Å²) in [6, 6.07) is 8.04. The van der Waals surface area contributed by atoms with Gasteiger partial charge in [0.15, 0.2) is 0 Å². The van der Waals surface area contributed by atoms with Gasteiger partial charge in [0.1, 0.15) is 0 Å². The number of terminal acetylenes is 1. The monoisotopic (exact) mass is 257 g/mol. The number of hydrogen-bond acceptors (Lipinski definition) is 1. The summed E-state index contributed by atoms with van der Waals surface area (Å²) < 4.78 is 1.19. The van der Waals surface area contributed by atoms with Gasteiger partial charge in [-0.2, -0.15) is 0 Å². The summed E-state index contributed by atoms with van der Waals surface area (Å²) in [4.78, 5) is 0. The Balaban J connectivity index is 2.71. The van der Waals surface area contributed by atoms with E-state index < -0.39 is 0 Å². The van der Waals surface area contributed by atoms with Crippen LogP contribution in [-0.2, 0) is 0 Å². The first kappa shape index (κ1) is 8.41. The molecule has 0 heterocycles. The molecular weight excluding hydrogens is 249 g/mol. The van der Waals surface area contributed by atoms with Gasteiger partial charge in [0.25, 0.3) is 0 Å². The highest BCUT2D eigenvalue weighted by Gasteiger charge is 1.93. The highest BCUT2D eigenvalue weighted by Crippen LogP contribution is 2.15. The summed E-state index contributed by atoms with van der Waals surface area (Å²) >= 11 is 2.27. The molecule has 56 valence electrons. The predicted octanol–water partition coefficient (Wildman–Crippen LogP) is 2.34. The minimum absolute atomic E-state index is 0.583. The van der Waals surface area contributed by atoms with Crippen LogP contribution in [0.15, 0.2) is 24.3 Å². The van der Waals surface area contributed by atoms with Crippen molar-refractivity contribution in [3.05, 3.63) is 27.8 Å². The molecule has 1 N–H and O–H groups in total. The van der Waals surface area contributed by atoms with Gasteiger partial charge in [-0.15, -0.1) is 6.42 Å². The molecule has 0 amide bonds. The SMILES string of the molecule is C#CCNc1ccccc1I. The Kier molecular flexibility index (Phi) is 3.24.